The van der Waals surface area contributed by atoms with Gasteiger partial charge in [-0.05, 0) is 24.3 Å². The Morgan fingerprint density at radius 1 is 0.964 bits per heavy atom. The Kier molecular flexibility index (Phi) is 6.08. The number of hydrogen-bond acceptors (Lipinski definition) is 4. The summed E-state index contributed by atoms with van der Waals surface area (Å²) in [4.78, 5) is 27.5. The molecule has 5 nitrogen and oxygen atoms in total. The first-order valence-corrected chi connectivity index (χ1v) is 8.83. The Labute approximate surface area is 164 Å². The number of carbonyl (C=O) groups is 2. The third-order valence-electron chi connectivity index (χ3n) is 4.38. The molecule has 1 saturated heterocycles. The summed E-state index contributed by atoms with van der Waals surface area (Å²) < 4.78 is 45.0. The van der Waals surface area contributed by atoms with E-state index in [1.807, 2.05) is 4.90 Å². The van der Waals surface area contributed by atoms with Gasteiger partial charge in [-0.3, -0.25) is 4.79 Å². The van der Waals surface area contributed by atoms with Gasteiger partial charge in [-0.1, -0.05) is 23.7 Å². The molecule has 1 amide bonds. The van der Waals surface area contributed by atoms with Crippen LogP contribution in [-0.2, 0) is 9.53 Å². The Morgan fingerprint density at radius 3 is 2.29 bits per heavy atom. The standard InChI is InChI=1S/C19H16ClF3N2O3/c20-13-10-16(23)15(22)9-12(13)19(27)28-11-18(26)25-7-5-24(6-8-25)17-4-2-1-3-14(17)21/h1-4,9-10H,5-8,11H2. The van der Waals surface area contributed by atoms with E-state index in [9.17, 15) is 22.8 Å². The van der Waals surface area contributed by atoms with Gasteiger partial charge >= 0.3 is 5.97 Å². The number of anilines is 1. The summed E-state index contributed by atoms with van der Waals surface area (Å²) in [5, 5.41) is -0.310. The van der Waals surface area contributed by atoms with E-state index < -0.39 is 30.1 Å². The van der Waals surface area contributed by atoms with E-state index in [2.05, 4.69) is 0 Å². The van der Waals surface area contributed by atoms with Crippen molar-refractivity contribution in [1.82, 2.24) is 4.90 Å². The van der Waals surface area contributed by atoms with Crippen LogP contribution < -0.4 is 4.90 Å². The molecule has 1 aliphatic rings. The summed E-state index contributed by atoms with van der Waals surface area (Å²) in [7, 11) is 0. The first-order valence-electron chi connectivity index (χ1n) is 8.45. The van der Waals surface area contributed by atoms with Gasteiger partial charge in [0.05, 0.1) is 16.3 Å². The van der Waals surface area contributed by atoms with Gasteiger partial charge in [0, 0.05) is 26.2 Å². The topological polar surface area (TPSA) is 49.9 Å². The van der Waals surface area contributed by atoms with Gasteiger partial charge in [0.15, 0.2) is 18.2 Å². The summed E-state index contributed by atoms with van der Waals surface area (Å²) in [6.07, 6.45) is 0. The fourth-order valence-electron chi connectivity index (χ4n) is 2.88. The first-order chi connectivity index (χ1) is 13.4. The van der Waals surface area contributed by atoms with Crippen LogP contribution in [0.3, 0.4) is 0 Å². The molecule has 0 spiro atoms. The molecule has 0 N–H and O–H groups in total. The molecule has 2 aromatic rings. The zero-order chi connectivity index (χ0) is 20.3. The molecule has 0 saturated carbocycles. The average molecular weight is 413 g/mol. The number of rotatable bonds is 4. The minimum Gasteiger partial charge on any atom is -0.452 e. The first kappa shape index (κ1) is 20.0. The fraction of sp³-hybridized carbons (Fsp3) is 0.263. The average Bonchev–Trinajstić information content (AvgIpc) is 2.69. The van der Waals surface area contributed by atoms with Gasteiger partial charge < -0.3 is 14.5 Å². The highest BCUT2D eigenvalue weighted by Gasteiger charge is 2.24. The lowest BCUT2D eigenvalue weighted by atomic mass is 10.2. The quantitative estimate of drug-likeness (QED) is 0.571. The maximum absolute atomic E-state index is 13.8. The number of ether oxygens (including phenoxy) is 1. The van der Waals surface area contributed by atoms with E-state index in [1.54, 1.807) is 18.2 Å². The van der Waals surface area contributed by atoms with Crippen LogP contribution in [0.4, 0.5) is 18.9 Å². The molecular formula is C19H16ClF3N2O3. The molecular weight excluding hydrogens is 397 g/mol. The van der Waals surface area contributed by atoms with Gasteiger partial charge in [0.1, 0.15) is 5.82 Å². The van der Waals surface area contributed by atoms with Gasteiger partial charge in [0.2, 0.25) is 0 Å². The van der Waals surface area contributed by atoms with Crippen molar-refractivity contribution in [2.24, 2.45) is 0 Å². The third kappa shape index (κ3) is 4.39. The molecule has 1 heterocycles. The predicted octanol–water partition coefficient (Wildman–Crippen LogP) is 3.26. The minimum atomic E-state index is -1.24. The zero-order valence-corrected chi connectivity index (χ0v) is 15.4. The molecule has 1 aliphatic heterocycles. The highest BCUT2D eigenvalue weighted by molar-refractivity contribution is 6.33. The number of amides is 1. The monoisotopic (exact) mass is 412 g/mol. The number of esters is 1. The van der Waals surface area contributed by atoms with Crippen molar-refractivity contribution in [3.8, 4) is 0 Å². The second-order valence-corrected chi connectivity index (χ2v) is 6.55. The summed E-state index contributed by atoms with van der Waals surface area (Å²) >= 11 is 5.71. The van der Waals surface area contributed by atoms with Crippen LogP contribution in [0.15, 0.2) is 36.4 Å². The van der Waals surface area contributed by atoms with E-state index in [0.29, 0.717) is 44.0 Å². The van der Waals surface area contributed by atoms with Crippen LogP contribution in [0.2, 0.25) is 5.02 Å². The van der Waals surface area contributed by atoms with Crippen LogP contribution in [0.25, 0.3) is 0 Å². The molecule has 0 unspecified atom stereocenters. The Bertz CT molecular complexity index is 902. The van der Waals surface area contributed by atoms with Crippen molar-refractivity contribution >= 4 is 29.2 Å². The molecule has 28 heavy (non-hydrogen) atoms. The smallest absolute Gasteiger partial charge is 0.340 e. The van der Waals surface area contributed by atoms with Crippen molar-refractivity contribution in [1.29, 1.82) is 0 Å². The number of nitrogens with zero attached hydrogens (tertiary/aromatic N) is 2. The van der Waals surface area contributed by atoms with Crippen molar-refractivity contribution in [3.05, 3.63) is 64.4 Å². The predicted molar refractivity (Wildman–Crippen MR) is 96.8 cm³/mol. The number of halogens is 4. The van der Waals surface area contributed by atoms with Gasteiger partial charge in [0.25, 0.3) is 5.91 Å². The number of para-hydroxylation sites is 1. The number of carbonyl (C=O) groups excluding carboxylic acids is 2. The normalized spacial score (nSPS) is 14.1. The Balaban J connectivity index is 1.53. The molecule has 3 rings (SSSR count). The second-order valence-electron chi connectivity index (χ2n) is 6.14. The lowest BCUT2D eigenvalue weighted by Crippen LogP contribution is -2.50. The highest BCUT2D eigenvalue weighted by atomic mass is 35.5. The van der Waals surface area contributed by atoms with E-state index in [4.69, 9.17) is 16.3 Å². The number of hydrogen-bond donors (Lipinski definition) is 0. The molecule has 9 heteroatoms. The van der Waals surface area contributed by atoms with Crippen LogP contribution >= 0.6 is 11.6 Å². The van der Waals surface area contributed by atoms with Crippen LogP contribution in [-0.4, -0.2) is 49.6 Å². The second kappa shape index (κ2) is 8.52. The van der Waals surface area contributed by atoms with Crippen molar-refractivity contribution < 1.29 is 27.5 Å². The largest absolute Gasteiger partial charge is 0.452 e. The zero-order valence-electron chi connectivity index (χ0n) is 14.6. The van der Waals surface area contributed by atoms with Gasteiger partial charge in [-0.25, -0.2) is 18.0 Å². The summed E-state index contributed by atoms with van der Waals surface area (Å²) in [5.41, 5.74) is 0.103. The molecule has 0 aliphatic carbocycles. The summed E-state index contributed by atoms with van der Waals surface area (Å²) in [6, 6.07) is 7.66. The molecule has 0 atom stereocenters. The third-order valence-corrected chi connectivity index (χ3v) is 4.69. The number of piperazine rings is 1. The maximum Gasteiger partial charge on any atom is 0.340 e. The van der Waals surface area contributed by atoms with Crippen molar-refractivity contribution in [2.45, 2.75) is 0 Å². The molecule has 2 aromatic carbocycles. The van der Waals surface area contributed by atoms with E-state index in [0.717, 1.165) is 0 Å². The van der Waals surface area contributed by atoms with Gasteiger partial charge in [-0.2, -0.15) is 0 Å². The van der Waals surface area contributed by atoms with Crippen LogP contribution in [0.1, 0.15) is 10.4 Å². The van der Waals surface area contributed by atoms with Crippen LogP contribution in [0.5, 0.6) is 0 Å². The van der Waals surface area contributed by atoms with E-state index in [-0.39, 0.29) is 16.4 Å². The molecule has 0 radical (unpaired) electrons. The van der Waals surface area contributed by atoms with Crippen molar-refractivity contribution in [3.63, 3.8) is 0 Å². The Morgan fingerprint density at radius 2 is 1.61 bits per heavy atom. The van der Waals surface area contributed by atoms with Gasteiger partial charge in [-0.15, -0.1) is 0 Å². The summed E-state index contributed by atoms with van der Waals surface area (Å²) in [6.45, 7) is 0.951. The highest BCUT2D eigenvalue weighted by Crippen LogP contribution is 2.22. The summed E-state index contributed by atoms with van der Waals surface area (Å²) in [5.74, 6) is -4.24. The maximum atomic E-state index is 13.8. The lowest BCUT2D eigenvalue weighted by molar-refractivity contribution is -0.134. The van der Waals surface area contributed by atoms with E-state index in [1.165, 1.54) is 11.0 Å². The lowest BCUT2D eigenvalue weighted by Gasteiger charge is -2.36. The van der Waals surface area contributed by atoms with E-state index >= 15 is 0 Å². The molecule has 1 fully saturated rings. The number of benzene rings is 2. The fourth-order valence-corrected chi connectivity index (χ4v) is 3.11. The van der Waals surface area contributed by atoms with Crippen molar-refractivity contribution in [2.75, 3.05) is 37.7 Å². The van der Waals surface area contributed by atoms with Crippen LogP contribution in [0, 0.1) is 17.5 Å². The molecule has 148 valence electrons. The minimum absolute atomic E-state index is 0.310. The SMILES string of the molecule is O=C(OCC(=O)N1CCN(c2ccccc2F)CC1)c1cc(F)c(F)cc1Cl. The molecule has 0 bridgehead atoms. The molecule has 0 aromatic heterocycles. The Hall–Kier alpha value is -2.74.